The van der Waals surface area contributed by atoms with Crippen molar-refractivity contribution in [3.8, 4) is 0 Å². The second-order valence-corrected chi connectivity index (χ2v) is 8.66. The van der Waals surface area contributed by atoms with Crippen molar-refractivity contribution in [1.29, 1.82) is 0 Å². The third-order valence-electron chi connectivity index (χ3n) is 5.29. The van der Waals surface area contributed by atoms with Crippen molar-refractivity contribution in [2.24, 2.45) is 0 Å². The maximum Gasteiger partial charge on any atom is 0.240 e. The van der Waals surface area contributed by atoms with Crippen LogP contribution in [0.1, 0.15) is 43.2 Å². The Morgan fingerprint density at radius 2 is 1.73 bits per heavy atom. The van der Waals surface area contributed by atoms with Crippen LogP contribution in [0.4, 0.5) is 0 Å². The van der Waals surface area contributed by atoms with Crippen LogP contribution in [0.25, 0.3) is 0 Å². The minimum atomic E-state index is -3.37. The molecule has 1 aliphatic heterocycles. The Morgan fingerprint density at radius 1 is 1.00 bits per heavy atom. The minimum Gasteiger partial charge on any atom is -0.300 e. The van der Waals surface area contributed by atoms with Gasteiger partial charge in [0.1, 0.15) is 0 Å². The smallest absolute Gasteiger partial charge is 0.240 e. The molecule has 1 saturated carbocycles. The maximum atomic E-state index is 12.6. The normalized spacial score (nSPS) is 23.6. The molecule has 0 amide bonds. The van der Waals surface area contributed by atoms with Crippen LogP contribution < -0.4 is 4.72 Å². The fourth-order valence-electron chi connectivity index (χ4n) is 3.82. The van der Waals surface area contributed by atoms with Gasteiger partial charge >= 0.3 is 0 Å². The SMILES string of the molecule is O=S(=O)(NC1CCN(C2CC2)CC1)c1ccc2c(c1)CCC2. The van der Waals surface area contributed by atoms with Crippen LogP contribution in [0.5, 0.6) is 0 Å². The van der Waals surface area contributed by atoms with E-state index in [1.165, 1.54) is 24.0 Å². The molecule has 2 aliphatic carbocycles. The molecule has 3 aliphatic rings. The summed E-state index contributed by atoms with van der Waals surface area (Å²) in [5.41, 5.74) is 2.53. The second-order valence-electron chi connectivity index (χ2n) is 6.95. The van der Waals surface area contributed by atoms with E-state index in [1.54, 1.807) is 6.07 Å². The van der Waals surface area contributed by atoms with Crippen LogP contribution in [0.3, 0.4) is 0 Å². The lowest BCUT2D eigenvalue weighted by Crippen LogP contribution is -2.45. The van der Waals surface area contributed by atoms with Crippen molar-refractivity contribution < 1.29 is 8.42 Å². The quantitative estimate of drug-likeness (QED) is 0.924. The monoisotopic (exact) mass is 320 g/mol. The van der Waals surface area contributed by atoms with E-state index in [9.17, 15) is 8.42 Å². The summed E-state index contributed by atoms with van der Waals surface area (Å²) in [5, 5.41) is 0. The first-order valence-corrected chi connectivity index (χ1v) is 9.98. The van der Waals surface area contributed by atoms with Crippen LogP contribution in [0.15, 0.2) is 23.1 Å². The average Bonchev–Trinajstić information content (AvgIpc) is 3.25. The summed E-state index contributed by atoms with van der Waals surface area (Å²) in [6.45, 7) is 2.06. The second kappa shape index (κ2) is 5.62. The van der Waals surface area contributed by atoms with Crippen LogP contribution >= 0.6 is 0 Å². The Labute approximate surface area is 132 Å². The number of rotatable bonds is 4. The topological polar surface area (TPSA) is 49.4 Å². The zero-order valence-electron chi connectivity index (χ0n) is 12.9. The zero-order valence-corrected chi connectivity index (χ0v) is 13.7. The Hall–Kier alpha value is -0.910. The van der Waals surface area contributed by atoms with E-state index in [0.29, 0.717) is 4.90 Å². The summed E-state index contributed by atoms with van der Waals surface area (Å²) < 4.78 is 28.1. The molecule has 120 valence electrons. The van der Waals surface area contributed by atoms with E-state index >= 15 is 0 Å². The van der Waals surface area contributed by atoms with Gasteiger partial charge in [-0.2, -0.15) is 0 Å². The molecule has 1 heterocycles. The average molecular weight is 320 g/mol. The highest BCUT2D eigenvalue weighted by molar-refractivity contribution is 7.89. The summed E-state index contributed by atoms with van der Waals surface area (Å²) in [7, 11) is -3.37. The number of sulfonamides is 1. The minimum absolute atomic E-state index is 0.0910. The number of likely N-dealkylation sites (tertiary alicyclic amines) is 1. The van der Waals surface area contributed by atoms with Crippen molar-refractivity contribution in [2.75, 3.05) is 13.1 Å². The Bertz CT molecular complexity index is 659. The number of fused-ring (bicyclic) bond motifs is 1. The standard InChI is InChI=1S/C17H24N2O2S/c20-22(21,17-7-4-13-2-1-3-14(13)12-17)18-15-8-10-19(11-9-15)16-5-6-16/h4,7,12,15-16,18H,1-3,5-6,8-11H2. The highest BCUT2D eigenvalue weighted by Crippen LogP contribution is 2.30. The first-order chi connectivity index (χ1) is 10.6. The predicted molar refractivity (Wildman–Crippen MR) is 86.4 cm³/mol. The Kier molecular flexibility index (Phi) is 3.75. The lowest BCUT2D eigenvalue weighted by atomic mass is 10.1. The van der Waals surface area contributed by atoms with Gasteiger partial charge < -0.3 is 4.90 Å². The molecule has 1 aromatic carbocycles. The molecule has 0 aromatic heterocycles. The molecule has 2 fully saturated rings. The van der Waals surface area contributed by atoms with E-state index in [2.05, 4.69) is 9.62 Å². The molecule has 1 aromatic rings. The van der Waals surface area contributed by atoms with Gasteiger partial charge in [-0.3, -0.25) is 0 Å². The number of hydrogen-bond donors (Lipinski definition) is 1. The molecule has 4 rings (SSSR count). The molecule has 0 radical (unpaired) electrons. The van der Waals surface area contributed by atoms with Crippen LogP contribution in [-0.2, 0) is 22.9 Å². The summed E-state index contributed by atoms with van der Waals surface area (Å²) in [6, 6.07) is 6.52. The third kappa shape index (κ3) is 2.94. The van der Waals surface area contributed by atoms with Crippen LogP contribution in [-0.4, -0.2) is 38.5 Å². The molecule has 0 atom stereocenters. The zero-order chi connectivity index (χ0) is 15.2. The van der Waals surface area contributed by atoms with E-state index in [0.717, 1.165) is 51.2 Å². The van der Waals surface area contributed by atoms with Crippen LogP contribution in [0, 0.1) is 0 Å². The maximum absolute atomic E-state index is 12.6. The molecule has 5 heteroatoms. The molecular formula is C17H24N2O2S. The summed E-state index contributed by atoms with van der Waals surface area (Å²) in [5.74, 6) is 0. The van der Waals surface area contributed by atoms with Gasteiger partial charge in [-0.25, -0.2) is 13.1 Å². The summed E-state index contributed by atoms with van der Waals surface area (Å²) in [4.78, 5) is 2.96. The molecule has 1 saturated heterocycles. The van der Waals surface area contributed by atoms with Gasteiger partial charge in [-0.15, -0.1) is 0 Å². The lowest BCUT2D eigenvalue weighted by molar-refractivity contribution is 0.199. The van der Waals surface area contributed by atoms with E-state index in [4.69, 9.17) is 0 Å². The molecule has 4 nitrogen and oxygen atoms in total. The number of hydrogen-bond acceptors (Lipinski definition) is 3. The van der Waals surface area contributed by atoms with Gasteiger partial charge in [0.05, 0.1) is 4.90 Å². The van der Waals surface area contributed by atoms with Gasteiger partial charge in [-0.1, -0.05) is 6.07 Å². The number of piperidine rings is 1. The molecular weight excluding hydrogens is 296 g/mol. The highest BCUT2D eigenvalue weighted by atomic mass is 32.2. The summed E-state index contributed by atoms with van der Waals surface area (Å²) >= 11 is 0. The molecule has 0 unspecified atom stereocenters. The molecule has 1 N–H and O–H groups in total. The van der Waals surface area contributed by atoms with Crippen molar-refractivity contribution in [3.05, 3.63) is 29.3 Å². The fourth-order valence-corrected chi connectivity index (χ4v) is 5.18. The predicted octanol–water partition coefficient (Wildman–Crippen LogP) is 2.08. The number of aryl methyl sites for hydroxylation is 2. The summed E-state index contributed by atoms with van der Waals surface area (Å²) in [6.07, 6.45) is 7.76. The lowest BCUT2D eigenvalue weighted by Gasteiger charge is -2.32. The first-order valence-electron chi connectivity index (χ1n) is 8.50. The van der Waals surface area contributed by atoms with E-state index in [1.807, 2.05) is 12.1 Å². The third-order valence-corrected chi connectivity index (χ3v) is 6.81. The first kappa shape index (κ1) is 14.7. The molecule has 22 heavy (non-hydrogen) atoms. The van der Waals surface area contributed by atoms with Gasteiger partial charge in [-0.05, 0) is 81.3 Å². The van der Waals surface area contributed by atoms with E-state index in [-0.39, 0.29) is 6.04 Å². The van der Waals surface area contributed by atoms with Crippen molar-refractivity contribution in [1.82, 2.24) is 9.62 Å². The molecule has 0 spiro atoms. The van der Waals surface area contributed by atoms with E-state index < -0.39 is 10.0 Å². The van der Waals surface area contributed by atoms with Crippen molar-refractivity contribution in [3.63, 3.8) is 0 Å². The number of benzene rings is 1. The van der Waals surface area contributed by atoms with Crippen molar-refractivity contribution >= 4 is 10.0 Å². The Morgan fingerprint density at radius 3 is 2.45 bits per heavy atom. The fraction of sp³-hybridized carbons (Fsp3) is 0.647. The highest BCUT2D eigenvalue weighted by Gasteiger charge is 2.33. The van der Waals surface area contributed by atoms with Crippen molar-refractivity contribution in [2.45, 2.75) is 61.9 Å². The van der Waals surface area contributed by atoms with Gasteiger partial charge in [0.15, 0.2) is 0 Å². The van der Waals surface area contributed by atoms with Gasteiger partial charge in [0.25, 0.3) is 0 Å². The van der Waals surface area contributed by atoms with Gasteiger partial charge in [0.2, 0.25) is 10.0 Å². The van der Waals surface area contributed by atoms with Gasteiger partial charge in [0, 0.05) is 12.1 Å². The number of nitrogens with one attached hydrogen (secondary N) is 1. The van der Waals surface area contributed by atoms with Crippen LogP contribution in [0.2, 0.25) is 0 Å². The largest absolute Gasteiger partial charge is 0.300 e. The number of nitrogens with zero attached hydrogens (tertiary/aromatic N) is 1. The molecule has 0 bridgehead atoms. The Balaban J connectivity index is 1.43.